The average molecular weight is 447 g/mol. The fourth-order valence-corrected chi connectivity index (χ4v) is 4.45. The third-order valence-corrected chi connectivity index (χ3v) is 5.90. The molecule has 0 saturated carbocycles. The Balaban J connectivity index is 1.69. The van der Waals surface area contributed by atoms with E-state index in [1.54, 1.807) is 66.9 Å². The molecular formula is C25H19ClN2O4. The molecule has 2 aliphatic rings. The number of benzene rings is 2. The normalized spacial score (nSPS) is 21.5. The van der Waals surface area contributed by atoms with Gasteiger partial charge in [-0.1, -0.05) is 23.7 Å². The molecular weight excluding hydrogens is 428 g/mol. The van der Waals surface area contributed by atoms with Gasteiger partial charge >= 0.3 is 0 Å². The number of ketones is 1. The molecule has 2 atom stereocenters. The maximum Gasteiger partial charge on any atom is 0.300 e. The number of aliphatic hydroxyl groups is 1. The molecule has 32 heavy (non-hydrogen) atoms. The van der Waals surface area contributed by atoms with E-state index in [2.05, 4.69) is 4.98 Å². The van der Waals surface area contributed by atoms with Crippen molar-refractivity contribution < 1.29 is 19.4 Å². The summed E-state index contributed by atoms with van der Waals surface area (Å²) in [7, 11) is 0. The number of aliphatic hydroxyl groups excluding tert-OH is 1. The highest BCUT2D eigenvalue weighted by Crippen LogP contribution is 2.42. The van der Waals surface area contributed by atoms with Gasteiger partial charge in [0.2, 0.25) is 0 Å². The lowest BCUT2D eigenvalue weighted by molar-refractivity contribution is -0.132. The summed E-state index contributed by atoms with van der Waals surface area (Å²) in [5, 5.41) is 11.7. The predicted molar refractivity (Wildman–Crippen MR) is 121 cm³/mol. The molecule has 1 aromatic heterocycles. The van der Waals surface area contributed by atoms with E-state index in [4.69, 9.17) is 16.3 Å². The van der Waals surface area contributed by atoms with E-state index in [1.807, 2.05) is 6.92 Å². The van der Waals surface area contributed by atoms with E-state index in [9.17, 15) is 14.7 Å². The molecule has 0 bridgehead atoms. The summed E-state index contributed by atoms with van der Waals surface area (Å²) >= 11 is 6.15. The van der Waals surface area contributed by atoms with Crippen LogP contribution in [0.2, 0.25) is 5.02 Å². The van der Waals surface area contributed by atoms with Gasteiger partial charge in [-0.25, -0.2) is 0 Å². The first kappa shape index (κ1) is 20.3. The third kappa shape index (κ3) is 3.33. The zero-order valence-corrected chi connectivity index (χ0v) is 17.9. The molecule has 1 N–H and O–H groups in total. The smallest absolute Gasteiger partial charge is 0.300 e. The van der Waals surface area contributed by atoms with Crippen molar-refractivity contribution in [3.63, 3.8) is 0 Å². The first-order valence-corrected chi connectivity index (χ1v) is 10.6. The Morgan fingerprint density at radius 2 is 1.97 bits per heavy atom. The van der Waals surface area contributed by atoms with Gasteiger partial charge in [0, 0.05) is 28.9 Å². The highest BCUT2D eigenvalue weighted by atomic mass is 35.5. The Kier molecular flexibility index (Phi) is 4.94. The first-order chi connectivity index (χ1) is 15.4. The van der Waals surface area contributed by atoms with E-state index in [-0.39, 0.29) is 17.4 Å². The van der Waals surface area contributed by atoms with Crippen LogP contribution in [-0.4, -0.2) is 27.9 Å². The second-order valence-corrected chi connectivity index (χ2v) is 8.30. The number of hydrogen-bond acceptors (Lipinski definition) is 5. The maximum atomic E-state index is 13.2. The molecule has 2 unspecified atom stereocenters. The van der Waals surface area contributed by atoms with Gasteiger partial charge in [-0.15, -0.1) is 0 Å². The van der Waals surface area contributed by atoms with Gasteiger partial charge in [0.15, 0.2) is 0 Å². The molecule has 1 saturated heterocycles. The third-order valence-electron chi connectivity index (χ3n) is 5.67. The number of amides is 1. The van der Waals surface area contributed by atoms with Crippen LogP contribution in [0.3, 0.4) is 0 Å². The van der Waals surface area contributed by atoms with Crippen molar-refractivity contribution in [2.24, 2.45) is 0 Å². The van der Waals surface area contributed by atoms with Gasteiger partial charge in [0.1, 0.15) is 23.7 Å². The van der Waals surface area contributed by atoms with E-state index in [1.165, 1.54) is 4.90 Å². The average Bonchev–Trinajstić information content (AvgIpc) is 3.29. The van der Waals surface area contributed by atoms with Crippen molar-refractivity contribution in [1.29, 1.82) is 0 Å². The Labute approximate surface area is 189 Å². The van der Waals surface area contributed by atoms with Crippen molar-refractivity contribution in [2.45, 2.75) is 25.5 Å². The SMILES string of the molecule is CC1Cc2cc(/C(O)=C3/C(=O)C(=O)N(c4cccc(Cl)c4)C3c3ccccn3)ccc2O1. The number of nitrogens with zero attached hydrogens (tertiary/aromatic N) is 2. The minimum absolute atomic E-state index is 0.0133. The molecule has 0 spiro atoms. The fraction of sp³-hybridized carbons (Fsp3) is 0.160. The van der Waals surface area contributed by atoms with Crippen LogP contribution in [0, 0.1) is 0 Å². The molecule has 7 heteroatoms. The standard InChI is InChI=1S/C25H19ClN2O4/c1-14-11-16-12-15(8-9-20(16)32-14)23(29)21-22(19-7-2-3-10-27-19)28(25(31)24(21)30)18-6-4-5-17(26)13-18/h2-10,12-14,22,29H,11H2,1H3/b23-21-. The van der Waals surface area contributed by atoms with Gasteiger partial charge in [-0.2, -0.15) is 0 Å². The number of hydrogen-bond donors (Lipinski definition) is 1. The highest BCUT2D eigenvalue weighted by molar-refractivity contribution is 6.51. The molecule has 3 heterocycles. The Hall–Kier alpha value is -3.64. The number of halogens is 1. The topological polar surface area (TPSA) is 79.7 Å². The van der Waals surface area contributed by atoms with E-state index < -0.39 is 17.7 Å². The summed E-state index contributed by atoms with van der Waals surface area (Å²) in [5.74, 6) is -1.01. The molecule has 6 nitrogen and oxygen atoms in total. The van der Waals surface area contributed by atoms with Crippen LogP contribution in [-0.2, 0) is 16.0 Å². The number of fused-ring (bicyclic) bond motifs is 1. The number of rotatable bonds is 3. The number of aromatic nitrogens is 1. The molecule has 3 aromatic rings. The van der Waals surface area contributed by atoms with Crippen molar-refractivity contribution >= 4 is 34.7 Å². The van der Waals surface area contributed by atoms with E-state index in [0.717, 1.165) is 11.3 Å². The summed E-state index contributed by atoms with van der Waals surface area (Å²) in [6, 6.07) is 16.3. The summed E-state index contributed by atoms with van der Waals surface area (Å²) < 4.78 is 5.73. The molecule has 160 valence electrons. The fourth-order valence-electron chi connectivity index (χ4n) is 4.27. The molecule has 1 amide bonds. The minimum atomic E-state index is -0.891. The lowest BCUT2D eigenvalue weighted by atomic mass is 9.96. The quantitative estimate of drug-likeness (QED) is 0.359. The second kappa shape index (κ2) is 7.80. The summed E-state index contributed by atoms with van der Waals surface area (Å²) in [6.45, 7) is 1.97. The minimum Gasteiger partial charge on any atom is -0.507 e. The molecule has 0 radical (unpaired) electrons. The van der Waals surface area contributed by atoms with Crippen LogP contribution in [0.15, 0.2) is 72.4 Å². The van der Waals surface area contributed by atoms with Gasteiger partial charge in [-0.3, -0.25) is 19.5 Å². The number of carbonyl (C=O) groups is 2. The van der Waals surface area contributed by atoms with Crippen LogP contribution in [0.4, 0.5) is 5.69 Å². The number of Topliss-reactive ketones (excluding diaryl/α,β-unsaturated/α-hetero) is 1. The van der Waals surface area contributed by atoms with Gasteiger partial charge in [0.05, 0.1) is 11.3 Å². The zero-order chi connectivity index (χ0) is 22.4. The van der Waals surface area contributed by atoms with Crippen LogP contribution < -0.4 is 9.64 Å². The van der Waals surface area contributed by atoms with Gasteiger partial charge in [-0.05, 0) is 61.0 Å². The van der Waals surface area contributed by atoms with Crippen LogP contribution in [0.1, 0.15) is 29.8 Å². The number of carbonyl (C=O) groups excluding carboxylic acids is 2. The molecule has 1 fully saturated rings. The van der Waals surface area contributed by atoms with Crippen LogP contribution in [0.5, 0.6) is 5.75 Å². The van der Waals surface area contributed by atoms with Gasteiger partial charge in [0.25, 0.3) is 11.7 Å². The summed E-state index contributed by atoms with van der Waals surface area (Å²) in [4.78, 5) is 32.0. The Bertz CT molecular complexity index is 1270. The molecule has 0 aliphatic carbocycles. The zero-order valence-electron chi connectivity index (χ0n) is 17.2. The Morgan fingerprint density at radius 3 is 2.72 bits per heavy atom. The largest absolute Gasteiger partial charge is 0.507 e. The van der Waals surface area contributed by atoms with Crippen molar-refractivity contribution in [3.05, 3.63) is 94.3 Å². The number of pyridine rings is 1. The van der Waals surface area contributed by atoms with E-state index >= 15 is 0 Å². The van der Waals surface area contributed by atoms with Crippen molar-refractivity contribution in [1.82, 2.24) is 4.98 Å². The van der Waals surface area contributed by atoms with Gasteiger partial charge < -0.3 is 9.84 Å². The number of ether oxygens (including phenoxy) is 1. The lowest BCUT2D eigenvalue weighted by Crippen LogP contribution is -2.29. The summed E-state index contributed by atoms with van der Waals surface area (Å²) in [5.41, 5.74) is 2.30. The van der Waals surface area contributed by atoms with Crippen molar-refractivity contribution in [3.8, 4) is 5.75 Å². The Morgan fingerprint density at radius 1 is 1.12 bits per heavy atom. The van der Waals surface area contributed by atoms with Crippen LogP contribution in [0.25, 0.3) is 5.76 Å². The summed E-state index contributed by atoms with van der Waals surface area (Å²) in [6.07, 6.45) is 2.34. The lowest BCUT2D eigenvalue weighted by Gasteiger charge is -2.24. The second-order valence-electron chi connectivity index (χ2n) is 7.86. The first-order valence-electron chi connectivity index (χ1n) is 10.2. The maximum absolute atomic E-state index is 13.2. The van der Waals surface area contributed by atoms with Crippen molar-refractivity contribution in [2.75, 3.05) is 4.90 Å². The van der Waals surface area contributed by atoms with Crippen LogP contribution >= 0.6 is 11.6 Å². The molecule has 2 aromatic carbocycles. The molecule has 5 rings (SSSR count). The number of anilines is 1. The monoisotopic (exact) mass is 446 g/mol. The molecule has 2 aliphatic heterocycles. The highest BCUT2D eigenvalue weighted by Gasteiger charge is 2.47. The predicted octanol–water partition coefficient (Wildman–Crippen LogP) is 4.68. The van der Waals surface area contributed by atoms with E-state index in [0.29, 0.717) is 28.4 Å².